The summed E-state index contributed by atoms with van der Waals surface area (Å²) in [5.74, 6) is 0.458. The standard InChI is InChI=1S/C16H26N2O4/c1-21-15(19)17-10-9-11-7-8-13(17)14-6-4-3-5-12(11)18(14)16(20)22-2/h11-14H,3-10H2,1-2H3/t11-,12-,13-,14-/m0/s1. The monoisotopic (exact) mass is 310 g/mol. The molecule has 0 unspecified atom stereocenters. The lowest BCUT2D eigenvalue weighted by Gasteiger charge is -2.44. The third-order valence-electron chi connectivity index (χ3n) is 5.72. The fourth-order valence-corrected chi connectivity index (χ4v) is 4.73. The molecule has 0 N–H and O–H groups in total. The third-order valence-corrected chi connectivity index (χ3v) is 5.72. The minimum atomic E-state index is -0.266. The highest BCUT2D eigenvalue weighted by Gasteiger charge is 2.48. The molecule has 3 saturated heterocycles. The molecule has 0 saturated carbocycles. The van der Waals surface area contributed by atoms with E-state index in [1.807, 2.05) is 9.80 Å². The van der Waals surface area contributed by atoms with E-state index in [0.29, 0.717) is 5.92 Å². The number of likely N-dealkylation sites (tertiary alicyclic amines) is 1. The quantitative estimate of drug-likeness (QED) is 0.690. The summed E-state index contributed by atoms with van der Waals surface area (Å²) in [7, 11) is 2.88. The van der Waals surface area contributed by atoms with E-state index in [1.165, 1.54) is 14.2 Å². The maximum atomic E-state index is 12.4. The zero-order valence-electron chi connectivity index (χ0n) is 13.5. The summed E-state index contributed by atoms with van der Waals surface area (Å²) < 4.78 is 10.1. The van der Waals surface area contributed by atoms with E-state index in [2.05, 4.69) is 0 Å². The molecule has 0 aliphatic carbocycles. The first-order valence-corrected chi connectivity index (χ1v) is 8.38. The van der Waals surface area contributed by atoms with Gasteiger partial charge in [-0.15, -0.1) is 0 Å². The van der Waals surface area contributed by atoms with Crippen LogP contribution in [0.4, 0.5) is 9.59 Å². The van der Waals surface area contributed by atoms with Crippen molar-refractivity contribution in [2.75, 3.05) is 20.8 Å². The molecule has 0 radical (unpaired) electrons. The van der Waals surface area contributed by atoms with E-state index in [0.717, 1.165) is 51.5 Å². The number of ether oxygens (including phenoxy) is 2. The van der Waals surface area contributed by atoms with Gasteiger partial charge >= 0.3 is 12.2 Å². The zero-order chi connectivity index (χ0) is 15.7. The van der Waals surface area contributed by atoms with Gasteiger partial charge in [-0.05, 0) is 38.0 Å². The van der Waals surface area contributed by atoms with Crippen LogP contribution < -0.4 is 0 Å². The molecule has 3 aliphatic rings. The summed E-state index contributed by atoms with van der Waals surface area (Å²) in [5.41, 5.74) is 0. The van der Waals surface area contributed by atoms with Gasteiger partial charge in [0.05, 0.1) is 26.3 Å². The second-order valence-corrected chi connectivity index (χ2v) is 6.65. The molecule has 0 aromatic carbocycles. The first kappa shape index (κ1) is 15.4. The van der Waals surface area contributed by atoms with E-state index < -0.39 is 0 Å². The lowest BCUT2D eigenvalue weighted by atomic mass is 9.89. The van der Waals surface area contributed by atoms with Crippen LogP contribution in [-0.2, 0) is 9.47 Å². The average Bonchev–Trinajstić information content (AvgIpc) is 2.95. The predicted octanol–water partition coefficient (Wildman–Crippen LogP) is 2.62. The molecular formula is C16H26N2O4. The molecule has 0 spiro atoms. The van der Waals surface area contributed by atoms with E-state index in [9.17, 15) is 9.59 Å². The number of rotatable bonds is 0. The van der Waals surface area contributed by atoms with Gasteiger partial charge in [-0.25, -0.2) is 9.59 Å². The molecule has 4 atom stereocenters. The van der Waals surface area contributed by atoms with Crippen molar-refractivity contribution in [1.82, 2.24) is 9.80 Å². The maximum absolute atomic E-state index is 12.4. The zero-order valence-corrected chi connectivity index (χ0v) is 13.5. The molecular weight excluding hydrogens is 284 g/mol. The Morgan fingerprint density at radius 3 is 2.18 bits per heavy atom. The lowest BCUT2D eigenvalue weighted by molar-refractivity contribution is 0.0226. The molecule has 4 bridgehead atoms. The first-order chi connectivity index (χ1) is 10.7. The molecule has 6 heteroatoms. The lowest BCUT2D eigenvalue weighted by Crippen LogP contribution is -2.58. The number of hydrogen-bond acceptors (Lipinski definition) is 4. The molecule has 124 valence electrons. The summed E-state index contributed by atoms with van der Waals surface area (Å²) in [5, 5.41) is 0. The van der Waals surface area contributed by atoms with Gasteiger partial charge in [0, 0.05) is 12.6 Å². The Balaban J connectivity index is 1.98. The highest BCUT2D eigenvalue weighted by molar-refractivity contribution is 5.70. The van der Waals surface area contributed by atoms with Gasteiger partial charge in [0.25, 0.3) is 0 Å². The average molecular weight is 310 g/mol. The van der Waals surface area contributed by atoms with Crippen molar-refractivity contribution in [3.63, 3.8) is 0 Å². The van der Waals surface area contributed by atoms with Gasteiger partial charge in [-0.3, -0.25) is 4.90 Å². The van der Waals surface area contributed by atoms with Gasteiger partial charge in [0.15, 0.2) is 0 Å². The topological polar surface area (TPSA) is 59.1 Å². The molecule has 3 aliphatic heterocycles. The van der Waals surface area contributed by atoms with Crippen molar-refractivity contribution in [1.29, 1.82) is 0 Å². The number of fused-ring (bicyclic) bond motifs is 7. The number of amides is 2. The second-order valence-electron chi connectivity index (χ2n) is 6.65. The Hall–Kier alpha value is -1.46. The summed E-state index contributed by atoms with van der Waals surface area (Å²) in [6.07, 6.45) is 6.72. The third kappa shape index (κ3) is 2.52. The van der Waals surface area contributed by atoms with Crippen LogP contribution in [0.1, 0.15) is 44.9 Å². The van der Waals surface area contributed by atoms with Crippen molar-refractivity contribution in [2.24, 2.45) is 5.92 Å². The molecule has 0 aromatic rings. The van der Waals surface area contributed by atoms with Crippen LogP contribution in [0.2, 0.25) is 0 Å². The Morgan fingerprint density at radius 1 is 0.818 bits per heavy atom. The largest absolute Gasteiger partial charge is 0.453 e. The van der Waals surface area contributed by atoms with Crippen LogP contribution in [0, 0.1) is 5.92 Å². The molecule has 6 nitrogen and oxygen atoms in total. The molecule has 3 rings (SSSR count). The normalized spacial score (nSPS) is 34.5. The Labute approximate surface area is 131 Å². The van der Waals surface area contributed by atoms with Crippen molar-refractivity contribution < 1.29 is 19.1 Å². The Kier molecular flexibility index (Phi) is 4.45. The number of carbonyl (C=O) groups is 2. The Bertz CT molecular complexity index is 442. The summed E-state index contributed by atoms with van der Waals surface area (Å²) in [6, 6.07) is 0.383. The minimum absolute atomic E-state index is 0.0552. The fraction of sp³-hybridized carbons (Fsp3) is 0.875. The second kappa shape index (κ2) is 6.34. The minimum Gasteiger partial charge on any atom is -0.453 e. The molecule has 3 fully saturated rings. The highest BCUT2D eigenvalue weighted by Crippen LogP contribution is 2.41. The van der Waals surface area contributed by atoms with Gasteiger partial charge < -0.3 is 14.4 Å². The van der Waals surface area contributed by atoms with Crippen molar-refractivity contribution in [3.05, 3.63) is 0 Å². The van der Waals surface area contributed by atoms with E-state index >= 15 is 0 Å². The van der Waals surface area contributed by atoms with Gasteiger partial charge in [0.2, 0.25) is 0 Å². The number of hydrogen-bond donors (Lipinski definition) is 0. The van der Waals surface area contributed by atoms with Crippen molar-refractivity contribution in [2.45, 2.75) is 63.1 Å². The van der Waals surface area contributed by atoms with Crippen molar-refractivity contribution >= 4 is 12.2 Å². The van der Waals surface area contributed by atoms with Gasteiger partial charge in [-0.2, -0.15) is 0 Å². The summed E-state index contributed by atoms with van der Waals surface area (Å²) >= 11 is 0. The predicted molar refractivity (Wildman–Crippen MR) is 80.5 cm³/mol. The van der Waals surface area contributed by atoms with E-state index in [-0.39, 0.29) is 30.3 Å². The van der Waals surface area contributed by atoms with Crippen LogP contribution in [0.15, 0.2) is 0 Å². The maximum Gasteiger partial charge on any atom is 0.410 e. The molecule has 3 heterocycles. The van der Waals surface area contributed by atoms with Crippen molar-refractivity contribution in [3.8, 4) is 0 Å². The number of nitrogens with zero attached hydrogens (tertiary/aromatic N) is 2. The van der Waals surface area contributed by atoms with Gasteiger partial charge in [-0.1, -0.05) is 12.8 Å². The van der Waals surface area contributed by atoms with Gasteiger partial charge in [0.1, 0.15) is 0 Å². The van der Waals surface area contributed by atoms with E-state index in [1.54, 1.807) is 0 Å². The highest BCUT2D eigenvalue weighted by atomic mass is 16.5. The van der Waals surface area contributed by atoms with Crippen LogP contribution in [0.25, 0.3) is 0 Å². The van der Waals surface area contributed by atoms with E-state index in [4.69, 9.17) is 9.47 Å². The number of carbonyl (C=O) groups excluding carboxylic acids is 2. The van der Waals surface area contributed by atoms with Crippen LogP contribution in [-0.4, -0.2) is 60.9 Å². The Morgan fingerprint density at radius 2 is 1.50 bits per heavy atom. The SMILES string of the molecule is COC(=O)N1CC[C@@H]2CC[C@H]1[C@@H]1CCCC[C@@H]2N1C(=O)OC. The molecule has 22 heavy (non-hydrogen) atoms. The van der Waals surface area contributed by atoms with Crippen LogP contribution in [0.3, 0.4) is 0 Å². The molecule has 2 amide bonds. The number of methoxy groups -OCH3 is 2. The van der Waals surface area contributed by atoms with Crippen LogP contribution in [0.5, 0.6) is 0 Å². The molecule has 0 aromatic heterocycles. The summed E-state index contributed by atoms with van der Waals surface area (Å²) in [6.45, 7) is 0.740. The fourth-order valence-electron chi connectivity index (χ4n) is 4.73. The first-order valence-electron chi connectivity index (χ1n) is 8.38. The summed E-state index contributed by atoms with van der Waals surface area (Å²) in [4.78, 5) is 28.4. The smallest absolute Gasteiger partial charge is 0.410 e. The van der Waals surface area contributed by atoms with Crippen LogP contribution >= 0.6 is 0 Å².